The van der Waals surface area contributed by atoms with Crippen molar-refractivity contribution in [1.82, 2.24) is 4.72 Å². The molecule has 0 bridgehead atoms. The number of furan rings is 1. The first-order valence-corrected chi connectivity index (χ1v) is 8.67. The molecule has 0 atom stereocenters. The molecule has 1 aliphatic rings. The van der Waals surface area contributed by atoms with Gasteiger partial charge in [0.25, 0.3) is 0 Å². The lowest BCUT2D eigenvalue weighted by Gasteiger charge is -2.28. The molecule has 23 heavy (non-hydrogen) atoms. The Labute approximate surface area is 142 Å². The summed E-state index contributed by atoms with van der Waals surface area (Å²) in [7, 11) is -2.73. The van der Waals surface area contributed by atoms with Crippen LogP contribution in [0.1, 0.15) is 47.6 Å². The molecule has 0 aromatic carbocycles. The quantitative estimate of drug-likeness (QED) is 0.766. The SMILES string of the molecule is COC(=O)c1c(C)oc(C)c1S(=O)(=O)NC1(CN)CCCC1.Cl. The van der Waals surface area contributed by atoms with E-state index < -0.39 is 21.5 Å². The van der Waals surface area contributed by atoms with E-state index in [0.29, 0.717) is 12.8 Å². The van der Waals surface area contributed by atoms with E-state index in [2.05, 4.69) is 9.46 Å². The van der Waals surface area contributed by atoms with Crippen LogP contribution >= 0.6 is 12.4 Å². The lowest BCUT2D eigenvalue weighted by atomic mass is 10.0. The summed E-state index contributed by atoms with van der Waals surface area (Å²) in [6.07, 6.45) is 3.22. The van der Waals surface area contributed by atoms with Gasteiger partial charge in [-0.2, -0.15) is 0 Å². The lowest BCUT2D eigenvalue weighted by Crippen LogP contribution is -2.51. The fourth-order valence-electron chi connectivity index (χ4n) is 3.06. The van der Waals surface area contributed by atoms with Gasteiger partial charge in [-0.3, -0.25) is 0 Å². The van der Waals surface area contributed by atoms with Gasteiger partial charge in [-0.15, -0.1) is 12.4 Å². The number of carbonyl (C=O) groups is 1. The fourth-order valence-corrected chi connectivity index (χ4v) is 4.94. The Morgan fingerprint density at radius 1 is 1.30 bits per heavy atom. The monoisotopic (exact) mass is 366 g/mol. The van der Waals surface area contributed by atoms with E-state index in [1.165, 1.54) is 21.0 Å². The van der Waals surface area contributed by atoms with Crippen molar-refractivity contribution in [1.29, 1.82) is 0 Å². The summed E-state index contributed by atoms with van der Waals surface area (Å²) in [6.45, 7) is 3.26. The van der Waals surface area contributed by atoms with Crippen LogP contribution in [0.4, 0.5) is 0 Å². The van der Waals surface area contributed by atoms with Gasteiger partial charge in [0.15, 0.2) is 0 Å². The minimum atomic E-state index is -3.93. The number of ether oxygens (including phenoxy) is 1. The normalized spacial score (nSPS) is 16.9. The van der Waals surface area contributed by atoms with Crippen molar-refractivity contribution in [3.8, 4) is 0 Å². The van der Waals surface area contributed by atoms with Crippen molar-refractivity contribution >= 4 is 28.4 Å². The molecular weight excluding hydrogens is 344 g/mol. The molecule has 1 aliphatic carbocycles. The Kier molecular flexibility index (Phi) is 6.25. The first kappa shape index (κ1) is 20.0. The van der Waals surface area contributed by atoms with Crippen LogP contribution in [0.5, 0.6) is 0 Å². The molecule has 1 fully saturated rings. The molecule has 1 aromatic heterocycles. The Bertz CT molecular complexity index is 678. The highest BCUT2D eigenvalue weighted by Gasteiger charge is 2.40. The third-order valence-electron chi connectivity index (χ3n) is 4.17. The zero-order valence-electron chi connectivity index (χ0n) is 13.5. The van der Waals surface area contributed by atoms with Crippen LogP contribution in [0.2, 0.25) is 0 Å². The maximum atomic E-state index is 12.8. The summed E-state index contributed by atoms with van der Waals surface area (Å²) < 4.78 is 38.3. The predicted molar refractivity (Wildman–Crippen MR) is 87.3 cm³/mol. The third kappa shape index (κ3) is 3.71. The molecule has 0 amide bonds. The average molecular weight is 367 g/mol. The van der Waals surface area contributed by atoms with Crippen molar-refractivity contribution in [3.63, 3.8) is 0 Å². The second-order valence-corrected chi connectivity index (χ2v) is 7.33. The van der Waals surface area contributed by atoms with E-state index in [0.717, 1.165) is 12.8 Å². The third-order valence-corrected chi connectivity index (χ3v) is 5.90. The molecule has 1 heterocycles. The highest BCUT2D eigenvalue weighted by molar-refractivity contribution is 7.89. The Hall–Kier alpha value is -1.09. The molecule has 2 rings (SSSR count). The van der Waals surface area contributed by atoms with Crippen LogP contribution in [0.15, 0.2) is 9.31 Å². The first-order valence-electron chi connectivity index (χ1n) is 7.19. The molecule has 0 saturated heterocycles. The summed E-state index contributed by atoms with van der Waals surface area (Å²) in [6, 6.07) is 0. The maximum Gasteiger partial charge on any atom is 0.342 e. The molecule has 3 N–H and O–H groups in total. The number of halogens is 1. The second kappa shape index (κ2) is 7.21. The zero-order chi connectivity index (χ0) is 16.5. The molecule has 1 aromatic rings. The Balaban J connectivity index is 0.00000264. The Morgan fingerprint density at radius 2 is 1.87 bits per heavy atom. The molecule has 132 valence electrons. The number of nitrogens with one attached hydrogen (secondary N) is 1. The van der Waals surface area contributed by atoms with Gasteiger partial charge in [0.1, 0.15) is 22.0 Å². The van der Waals surface area contributed by atoms with Gasteiger partial charge in [0.2, 0.25) is 10.0 Å². The molecule has 7 nitrogen and oxygen atoms in total. The number of methoxy groups -OCH3 is 1. The molecule has 0 spiro atoms. The van der Waals surface area contributed by atoms with E-state index in [-0.39, 0.29) is 40.9 Å². The number of aryl methyl sites for hydroxylation is 2. The van der Waals surface area contributed by atoms with Crippen molar-refractivity contribution in [2.24, 2.45) is 5.73 Å². The van der Waals surface area contributed by atoms with E-state index in [4.69, 9.17) is 10.2 Å². The van der Waals surface area contributed by atoms with Gasteiger partial charge >= 0.3 is 5.97 Å². The lowest BCUT2D eigenvalue weighted by molar-refractivity contribution is 0.0594. The second-order valence-electron chi connectivity index (χ2n) is 5.71. The highest BCUT2D eigenvalue weighted by atomic mass is 35.5. The van der Waals surface area contributed by atoms with Crippen LogP contribution in [-0.4, -0.2) is 33.6 Å². The smallest absolute Gasteiger partial charge is 0.342 e. The van der Waals surface area contributed by atoms with Gasteiger partial charge in [0, 0.05) is 12.1 Å². The van der Waals surface area contributed by atoms with Crippen LogP contribution < -0.4 is 10.5 Å². The number of rotatable bonds is 5. The standard InChI is InChI=1S/C14H22N2O5S.ClH/c1-9-11(13(17)20-3)12(10(2)21-9)22(18,19)16-14(8-15)6-4-5-7-14;/h16H,4-8,15H2,1-3H3;1H. The summed E-state index contributed by atoms with van der Waals surface area (Å²) >= 11 is 0. The number of hydrogen-bond acceptors (Lipinski definition) is 6. The van der Waals surface area contributed by atoms with Crippen LogP contribution in [0.3, 0.4) is 0 Å². The molecule has 0 aliphatic heterocycles. The summed E-state index contributed by atoms with van der Waals surface area (Å²) in [5.41, 5.74) is 5.07. The van der Waals surface area contributed by atoms with E-state index >= 15 is 0 Å². The van der Waals surface area contributed by atoms with Crippen LogP contribution in [0, 0.1) is 13.8 Å². The van der Waals surface area contributed by atoms with Crippen LogP contribution in [-0.2, 0) is 14.8 Å². The fraction of sp³-hybridized carbons (Fsp3) is 0.643. The molecule has 1 saturated carbocycles. The number of carbonyl (C=O) groups excluding carboxylic acids is 1. The van der Waals surface area contributed by atoms with Crippen molar-refractivity contribution in [2.75, 3.05) is 13.7 Å². The largest absolute Gasteiger partial charge is 0.465 e. The van der Waals surface area contributed by atoms with E-state index in [9.17, 15) is 13.2 Å². The van der Waals surface area contributed by atoms with E-state index in [1.54, 1.807) is 0 Å². The Morgan fingerprint density at radius 3 is 2.35 bits per heavy atom. The number of sulfonamides is 1. The molecule has 9 heteroatoms. The molecular formula is C14H23ClN2O5S. The van der Waals surface area contributed by atoms with Crippen molar-refractivity contribution in [3.05, 3.63) is 17.1 Å². The number of nitrogens with two attached hydrogens (primary N) is 1. The van der Waals surface area contributed by atoms with Gasteiger partial charge in [-0.1, -0.05) is 12.8 Å². The molecule has 0 radical (unpaired) electrons. The summed E-state index contributed by atoms with van der Waals surface area (Å²) in [4.78, 5) is 11.7. The minimum absolute atomic E-state index is 0. The van der Waals surface area contributed by atoms with Crippen molar-refractivity contribution < 1.29 is 22.4 Å². The minimum Gasteiger partial charge on any atom is -0.465 e. The van der Waals surface area contributed by atoms with Crippen LogP contribution in [0.25, 0.3) is 0 Å². The summed E-state index contributed by atoms with van der Waals surface area (Å²) in [5, 5.41) is 0. The topological polar surface area (TPSA) is 112 Å². The van der Waals surface area contributed by atoms with Gasteiger partial charge in [-0.05, 0) is 26.7 Å². The molecule has 0 unspecified atom stereocenters. The maximum absolute atomic E-state index is 12.8. The number of esters is 1. The number of hydrogen-bond donors (Lipinski definition) is 2. The highest BCUT2D eigenvalue weighted by Crippen LogP contribution is 2.33. The van der Waals surface area contributed by atoms with Gasteiger partial charge in [0.05, 0.1) is 7.11 Å². The average Bonchev–Trinajstić information content (AvgIpc) is 3.02. The zero-order valence-corrected chi connectivity index (χ0v) is 15.1. The first-order chi connectivity index (χ1) is 10.3. The van der Waals surface area contributed by atoms with Gasteiger partial charge < -0.3 is 14.9 Å². The van der Waals surface area contributed by atoms with Gasteiger partial charge in [-0.25, -0.2) is 17.9 Å². The van der Waals surface area contributed by atoms with E-state index in [1.807, 2.05) is 0 Å². The predicted octanol–water partition coefficient (Wildman–Crippen LogP) is 1.65. The van der Waals surface area contributed by atoms with Crippen molar-refractivity contribution in [2.45, 2.75) is 50.0 Å². The summed E-state index contributed by atoms with van der Waals surface area (Å²) in [5.74, 6) is -0.351.